The smallest absolute Gasteiger partial charge is 0.255 e. The number of benzene rings is 1. The van der Waals surface area contributed by atoms with Crippen molar-refractivity contribution in [3.8, 4) is 11.4 Å². The van der Waals surface area contributed by atoms with Crippen LogP contribution in [0.15, 0.2) is 55.4 Å². The molecule has 8 heteroatoms. The Morgan fingerprint density at radius 1 is 1.19 bits per heavy atom. The molecule has 0 saturated carbocycles. The van der Waals surface area contributed by atoms with E-state index in [4.69, 9.17) is 21.1 Å². The van der Waals surface area contributed by atoms with E-state index in [1.807, 2.05) is 6.07 Å². The van der Waals surface area contributed by atoms with Crippen molar-refractivity contribution < 1.29 is 14.3 Å². The predicted octanol–water partition coefficient (Wildman–Crippen LogP) is 3.20. The molecule has 3 aromatic rings. The average Bonchev–Trinajstić information content (AvgIpc) is 3.16. The molecule has 0 bridgehead atoms. The monoisotopic (exact) mass is 372 g/mol. The summed E-state index contributed by atoms with van der Waals surface area (Å²) in [5, 5.41) is 3.22. The number of aromatic nitrogens is 3. The summed E-state index contributed by atoms with van der Waals surface area (Å²) in [7, 11) is 1.60. The molecule has 0 spiro atoms. The second-order valence-corrected chi connectivity index (χ2v) is 5.81. The molecule has 26 heavy (non-hydrogen) atoms. The number of ether oxygens (including phenoxy) is 2. The zero-order valence-electron chi connectivity index (χ0n) is 14.1. The van der Waals surface area contributed by atoms with E-state index in [2.05, 4.69) is 15.3 Å². The lowest BCUT2D eigenvalue weighted by molar-refractivity contribution is 0.102. The summed E-state index contributed by atoms with van der Waals surface area (Å²) in [4.78, 5) is 20.6. The van der Waals surface area contributed by atoms with Gasteiger partial charge in [-0.3, -0.25) is 9.78 Å². The topological polar surface area (TPSA) is 78.3 Å². The SMILES string of the molecule is COCCOc1cc(C(=O)Nc2cncc(Cl)c2)cc(-n2ccnc2)c1. The van der Waals surface area contributed by atoms with Crippen LogP contribution in [0.4, 0.5) is 5.69 Å². The van der Waals surface area contributed by atoms with E-state index >= 15 is 0 Å². The van der Waals surface area contributed by atoms with Crippen LogP contribution in [0.3, 0.4) is 0 Å². The molecule has 1 aromatic carbocycles. The van der Waals surface area contributed by atoms with Crippen molar-refractivity contribution in [2.75, 3.05) is 25.6 Å². The van der Waals surface area contributed by atoms with Gasteiger partial charge in [-0.15, -0.1) is 0 Å². The number of nitrogens with zero attached hydrogens (tertiary/aromatic N) is 3. The van der Waals surface area contributed by atoms with Crippen LogP contribution in [0.5, 0.6) is 5.75 Å². The lowest BCUT2D eigenvalue weighted by Gasteiger charge is -2.12. The molecule has 0 atom stereocenters. The van der Waals surface area contributed by atoms with Crippen LogP contribution in [0.2, 0.25) is 5.02 Å². The van der Waals surface area contributed by atoms with Crippen LogP contribution in [0.25, 0.3) is 5.69 Å². The molecule has 0 aliphatic rings. The van der Waals surface area contributed by atoms with Gasteiger partial charge in [-0.1, -0.05) is 11.6 Å². The van der Waals surface area contributed by atoms with Crippen LogP contribution in [-0.2, 0) is 4.74 Å². The maximum absolute atomic E-state index is 12.6. The molecular formula is C18H17ClN4O3. The van der Waals surface area contributed by atoms with Gasteiger partial charge >= 0.3 is 0 Å². The number of methoxy groups -OCH3 is 1. The van der Waals surface area contributed by atoms with Crippen molar-refractivity contribution in [2.24, 2.45) is 0 Å². The first-order valence-electron chi connectivity index (χ1n) is 7.83. The van der Waals surface area contributed by atoms with Crippen LogP contribution in [-0.4, -0.2) is 40.8 Å². The number of halogens is 1. The van der Waals surface area contributed by atoms with Crippen molar-refractivity contribution in [1.29, 1.82) is 0 Å². The number of amides is 1. The summed E-state index contributed by atoms with van der Waals surface area (Å²) in [5.41, 5.74) is 1.70. The van der Waals surface area contributed by atoms with Gasteiger partial charge in [0, 0.05) is 37.3 Å². The molecule has 2 aromatic heterocycles. The molecule has 3 rings (SSSR count). The second-order valence-electron chi connectivity index (χ2n) is 5.37. The summed E-state index contributed by atoms with van der Waals surface area (Å²) >= 11 is 5.91. The van der Waals surface area contributed by atoms with Crippen LogP contribution in [0, 0.1) is 0 Å². The van der Waals surface area contributed by atoms with Gasteiger partial charge in [0.05, 0.1) is 35.5 Å². The molecule has 2 heterocycles. The first-order chi connectivity index (χ1) is 12.7. The Labute approximate surface area is 155 Å². The van der Waals surface area contributed by atoms with E-state index in [0.29, 0.717) is 35.2 Å². The van der Waals surface area contributed by atoms with Gasteiger partial charge in [0.2, 0.25) is 0 Å². The Kier molecular flexibility index (Phi) is 5.83. The van der Waals surface area contributed by atoms with Crippen LogP contribution < -0.4 is 10.1 Å². The van der Waals surface area contributed by atoms with E-state index < -0.39 is 0 Å². The molecule has 0 aliphatic heterocycles. The van der Waals surface area contributed by atoms with E-state index in [-0.39, 0.29) is 5.91 Å². The number of hydrogen-bond donors (Lipinski definition) is 1. The Morgan fingerprint density at radius 3 is 2.81 bits per heavy atom. The average molecular weight is 373 g/mol. The van der Waals surface area contributed by atoms with Gasteiger partial charge in [-0.05, 0) is 18.2 Å². The Hall–Kier alpha value is -2.90. The lowest BCUT2D eigenvalue weighted by atomic mass is 10.1. The van der Waals surface area contributed by atoms with E-state index in [1.54, 1.807) is 48.6 Å². The third kappa shape index (κ3) is 4.59. The maximum atomic E-state index is 12.6. The number of pyridine rings is 1. The third-order valence-corrected chi connectivity index (χ3v) is 3.68. The van der Waals surface area contributed by atoms with Gasteiger partial charge < -0.3 is 19.4 Å². The second kappa shape index (κ2) is 8.46. The number of anilines is 1. The molecule has 134 valence electrons. The maximum Gasteiger partial charge on any atom is 0.255 e. The molecule has 0 fully saturated rings. The first-order valence-corrected chi connectivity index (χ1v) is 8.20. The molecule has 1 amide bonds. The summed E-state index contributed by atoms with van der Waals surface area (Å²) in [6.45, 7) is 0.828. The fourth-order valence-corrected chi connectivity index (χ4v) is 2.46. The fourth-order valence-electron chi connectivity index (χ4n) is 2.29. The van der Waals surface area contributed by atoms with Crippen molar-refractivity contribution in [3.05, 3.63) is 66.0 Å². The van der Waals surface area contributed by atoms with Gasteiger partial charge in [0.1, 0.15) is 12.4 Å². The molecule has 0 unspecified atom stereocenters. The number of nitrogens with one attached hydrogen (secondary N) is 1. The quantitative estimate of drug-likeness (QED) is 0.644. The number of carbonyl (C=O) groups is 1. The zero-order chi connectivity index (χ0) is 18.4. The van der Waals surface area contributed by atoms with E-state index in [9.17, 15) is 4.79 Å². The van der Waals surface area contributed by atoms with Crippen molar-refractivity contribution in [2.45, 2.75) is 0 Å². The summed E-state index contributed by atoms with van der Waals surface area (Å²) < 4.78 is 12.5. The van der Waals surface area contributed by atoms with Gasteiger partial charge in [-0.25, -0.2) is 4.98 Å². The highest BCUT2D eigenvalue weighted by molar-refractivity contribution is 6.30. The van der Waals surface area contributed by atoms with E-state index in [0.717, 1.165) is 5.69 Å². The minimum absolute atomic E-state index is 0.298. The Bertz CT molecular complexity index is 884. The Morgan fingerprint density at radius 2 is 2.08 bits per heavy atom. The fraction of sp³-hybridized carbons (Fsp3) is 0.167. The van der Waals surface area contributed by atoms with Crippen molar-refractivity contribution in [1.82, 2.24) is 14.5 Å². The van der Waals surface area contributed by atoms with Gasteiger partial charge in [0.25, 0.3) is 5.91 Å². The minimum atomic E-state index is -0.298. The number of hydrogen-bond acceptors (Lipinski definition) is 5. The zero-order valence-corrected chi connectivity index (χ0v) is 14.8. The molecule has 7 nitrogen and oxygen atoms in total. The van der Waals surface area contributed by atoms with Gasteiger partial charge in [-0.2, -0.15) is 0 Å². The molecular weight excluding hydrogens is 356 g/mol. The molecule has 1 N–H and O–H groups in total. The van der Waals surface area contributed by atoms with Crippen LogP contribution in [0.1, 0.15) is 10.4 Å². The first kappa shape index (κ1) is 17.9. The van der Waals surface area contributed by atoms with Gasteiger partial charge in [0.15, 0.2) is 0 Å². The highest BCUT2D eigenvalue weighted by Gasteiger charge is 2.12. The summed E-state index contributed by atoms with van der Waals surface area (Å²) in [6.07, 6.45) is 8.13. The standard InChI is InChI=1S/C18H17ClN4O3/c1-25-4-5-26-17-7-13(6-16(9-17)23-3-2-20-12-23)18(24)22-15-8-14(19)10-21-11-15/h2-3,6-12H,4-5H2,1H3,(H,22,24). The number of carbonyl (C=O) groups excluding carboxylic acids is 1. The molecule has 0 radical (unpaired) electrons. The highest BCUT2D eigenvalue weighted by Crippen LogP contribution is 2.22. The Balaban J connectivity index is 1.87. The van der Waals surface area contributed by atoms with E-state index in [1.165, 1.54) is 12.4 Å². The van der Waals surface area contributed by atoms with Crippen molar-refractivity contribution >= 4 is 23.2 Å². The van der Waals surface area contributed by atoms with Crippen LogP contribution >= 0.6 is 11.6 Å². The number of imidazole rings is 1. The molecule has 0 saturated heterocycles. The normalized spacial score (nSPS) is 10.5. The predicted molar refractivity (Wildman–Crippen MR) is 98.1 cm³/mol. The highest BCUT2D eigenvalue weighted by atomic mass is 35.5. The lowest BCUT2D eigenvalue weighted by Crippen LogP contribution is -2.13. The van der Waals surface area contributed by atoms with Crippen molar-refractivity contribution in [3.63, 3.8) is 0 Å². The minimum Gasteiger partial charge on any atom is -0.491 e. The third-order valence-electron chi connectivity index (χ3n) is 3.47. The molecule has 0 aliphatic carbocycles. The largest absolute Gasteiger partial charge is 0.491 e. The summed E-state index contributed by atoms with van der Waals surface area (Å²) in [6, 6.07) is 6.87. The number of rotatable bonds is 7. The summed E-state index contributed by atoms with van der Waals surface area (Å²) in [5.74, 6) is 0.259.